The number of carbonyl (C=O) groups is 3. The molecule has 1 aromatic carbocycles. The minimum atomic E-state index is -1.29. The summed E-state index contributed by atoms with van der Waals surface area (Å²) >= 11 is 0. The Bertz CT molecular complexity index is 820. The van der Waals surface area contributed by atoms with Gasteiger partial charge in [-0.15, -0.1) is 0 Å². The number of esters is 2. The average molecular weight is 442 g/mol. The van der Waals surface area contributed by atoms with Gasteiger partial charge in [0, 0.05) is 6.42 Å². The van der Waals surface area contributed by atoms with Crippen LogP contribution >= 0.6 is 0 Å². The van der Waals surface area contributed by atoms with Gasteiger partial charge in [-0.05, 0) is 66.5 Å². The molecular weight excluding hydrogens is 403 g/mol. The fourth-order valence-electron chi connectivity index (χ4n) is 2.88. The standard InChI is InChI=1S/C24H34O5.C2H5B/c1-16(22(3,4)20(26)28-9)17(2)24(7,8)29-21(27)23(5,6)19(25)15-18-13-11-10-12-14-18;1-2-3/h10-14H,15H2,1-9H3;2H2,1H3/b17-16-;. The van der Waals surface area contributed by atoms with Crippen molar-refractivity contribution in [1.82, 2.24) is 0 Å². The van der Waals surface area contributed by atoms with Crippen molar-refractivity contribution >= 4 is 25.6 Å². The van der Waals surface area contributed by atoms with Crippen LogP contribution < -0.4 is 0 Å². The molecule has 2 radical (unpaired) electrons. The van der Waals surface area contributed by atoms with E-state index in [0.29, 0.717) is 0 Å². The molecule has 6 heteroatoms. The predicted molar refractivity (Wildman–Crippen MR) is 130 cm³/mol. The van der Waals surface area contributed by atoms with E-state index in [1.807, 2.05) is 51.1 Å². The van der Waals surface area contributed by atoms with Gasteiger partial charge in [0.2, 0.25) is 0 Å². The highest BCUT2D eigenvalue weighted by Gasteiger charge is 2.42. The smallest absolute Gasteiger partial charge is 0.319 e. The molecule has 0 bridgehead atoms. The highest BCUT2D eigenvalue weighted by molar-refractivity contribution is 6.08. The van der Waals surface area contributed by atoms with Crippen LogP contribution in [0.1, 0.15) is 67.9 Å². The first-order valence-corrected chi connectivity index (χ1v) is 10.9. The number of ether oxygens (including phenoxy) is 2. The van der Waals surface area contributed by atoms with Gasteiger partial charge in [0.15, 0.2) is 5.78 Å². The predicted octanol–water partition coefficient (Wildman–Crippen LogP) is 5.27. The fraction of sp³-hybridized carbons (Fsp3) is 0.577. The monoisotopic (exact) mass is 442 g/mol. The zero-order chi connectivity index (χ0) is 25.3. The number of rotatable bonds is 8. The summed E-state index contributed by atoms with van der Waals surface area (Å²) in [4.78, 5) is 37.8. The third-order valence-corrected chi connectivity index (χ3v) is 5.86. The molecule has 0 saturated carbocycles. The Morgan fingerprint density at radius 2 is 1.31 bits per heavy atom. The maximum Gasteiger partial charge on any atom is 0.319 e. The molecule has 0 aliphatic heterocycles. The van der Waals surface area contributed by atoms with Crippen LogP contribution in [-0.2, 0) is 30.3 Å². The summed E-state index contributed by atoms with van der Waals surface area (Å²) in [5.74, 6) is -1.17. The lowest BCUT2D eigenvalue weighted by Gasteiger charge is -2.34. The van der Waals surface area contributed by atoms with Gasteiger partial charge in [0.05, 0.1) is 20.4 Å². The van der Waals surface area contributed by atoms with Gasteiger partial charge in [0.25, 0.3) is 0 Å². The summed E-state index contributed by atoms with van der Waals surface area (Å²) < 4.78 is 10.7. The number of methoxy groups -OCH3 is 1. The largest absolute Gasteiger partial charge is 0.468 e. The summed E-state index contributed by atoms with van der Waals surface area (Å²) in [7, 11) is 6.19. The van der Waals surface area contributed by atoms with Crippen LogP contribution in [0, 0.1) is 10.8 Å². The highest BCUT2D eigenvalue weighted by atomic mass is 16.6. The summed E-state index contributed by atoms with van der Waals surface area (Å²) in [6, 6.07) is 9.31. The van der Waals surface area contributed by atoms with Gasteiger partial charge in [-0.2, -0.15) is 0 Å². The third kappa shape index (κ3) is 7.65. The maximum atomic E-state index is 12.9. The van der Waals surface area contributed by atoms with Crippen molar-refractivity contribution < 1.29 is 23.9 Å². The van der Waals surface area contributed by atoms with E-state index in [0.717, 1.165) is 23.0 Å². The summed E-state index contributed by atoms with van der Waals surface area (Å²) in [5.41, 5.74) is -0.788. The van der Waals surface area contributed by atoms with Crippen molar-refractivity contribution in [3.63, 3.8) is 0 Å². The molecule has 0 atom stereocenters. The van der Waals surface area contributed by atoms with E-state index in [-0.39, 0.29) is 18.2 Å². The zero-order valence-electron chi connectivity index (χ0n) is 21.4. The molecule has 0 aliphatic rings. The first-order valence-electron chi connectivity index (χ1n) is 10.9. The van der Waals surface area contributed by atoms with Gasteiger partial charge in [-0.25, -0.2) is 0 Å². The van der Waals surface area contributed by atoms with Crippen LogP contribution in [0.4, 0.5) is 0 Å². The number of benzene rings is 1. The lowest BCUT2D eigenvalue weighted by atomic mass is 9.78. The van der Waals surface area contributed by atoms with Crippen LogP contribution in [-0.4, -0.2) is 38.3 Å². The molecule has 1 aromatic rings. The Labute approximate surface area is 195 Å². The maximum absolute atomic E-state index is 12.9. The molecule has 5 nitrogen and oxygen atoms in total. The van der Waals surface area contributed by atoms with E-state index < -0.39 is 22.4 Å². The Balaban J connectivity index is 0.00000302. The summed E-state index contributed by atoms with van der Waals surface area (Å²) in [6.45, 7) is 15.8. The fourth-order valence-corrected chi connectivity index (χ4v) is 2.88. The van der Waals surface area contributed by atoms with Crippen molar-refractivity contribution in [3.05, 3.63) is 47.0 Å². The highest BCUT2D eigenvalue weighted by Crippen LogP contribution is 2.36. The normalized spacial score (nSPS) is 12.7. The third-order valence-electron chi connectivity index (χ3n) is 5.86. The molecule has 176 valence electrons. The number of carbonyl (C=O) groups excluding carboxylic acids is 3. The lowest BCUT2D eigenvalue weighted by molar-refractivity contribution is -0.166. The lowest BCUT2D eigenvalue weighted by Crippen LogP contribution is -2.42. The van der Waals surface area contributed by atoms with Crippen molar-refractivity contribution in [2.45, 2.75) is 80.7 Å². The van der Waals surface area contributed by atoms with E-state index in [4.69, 9.17) is 17.3 Å². The van der Waals surface area contributed by atoms with E-state index in [2.05, 4.69) is 0 Å². The van der Waals surface area contributed by atoms with Crippen LogP contribution in [0.3, 0.4) is 0 Å². The molecule has 0 aliphatic carbocycles. The zero-order valence-corrected chi connectivity index (χ0v) is 21.4. The van der Waals surface area contributed by atoms with E-state index in [1.54, 1.807) is 41.5 Å². The molecule has 1 rings (SSSR count). The molecule has 0 unspecified atom stereocenters. The van der Waals surface area contributed by atoms with Gasteiger partial charge in [-0.3, -0.25) is 14.4 Å². The van der Waals surface area contributed by atoms with Crippen LogP contribution in [0.2, 0.25) is 6.32 Å². The topological polar surface area (TPSA) is 69.7 Å². The van der Waals surface area contributed by atoms with Crippen LogP contribution in [0.5, 0.6) is 0 Å². The first kappa shape index (κ1) is 29.6. The van der Waals surface area contributed by atoms with Crippen LogP contribution in [0.15, 0.2) is 41.5 Å². The second kappa shape index (κ2) is 12.0. The molecule has 0 amide bonds. The number of hydrogen-bond donors (Lipinski definition) is 0. The second-order valence-electron chi connectivity index (χ2n) is 9.39. The molecule has 0 fully saturated rings. The second-order valence-corrected chi connectivity index (χ2v) is 9.39. The first-order chi connectivity index (χ1) is 14.6. The van der Waals surface area contributed by atoms with Crippen molar-refractivity contribution in [1.29, 1.82) is 0 Å². The SMILES string of the molecule is COC(=O)C(C)(C)/C(C)=C(/C)C(C)(C)OC(=O)C(C)(C)C(=O)Cc1ccccc1.[B]CC. The van der Waals surface area contributed by atoms with Crippen LogP contribution in [0.25, 0.3) is 0 Å². The Morgan fingerprint density at radius 1 is 0.844 bits per heavy atom. The molecule has 0 heterocycles. The molecule has 0 saturated heterocycles. The Kier molecular flexibility index (Phi) is 11.1. The van der Waals surface area contributed by atoms with E-state index in [9.17, 15) is 14.4 Å². The quantitative estimate of drug-likeness (QED) is 0.237. The van der Waals surface area contributed by atoms with E-state index in [1.165, 1.54) is 7.11 Å². The van der Waals surface area contributed by atoms with Gasteiger partial charge < -0.3 is 9.47 Å². The Morgan fingerprint density at radius 3 is 1.75 bits per heavy atom. The van der Waals surface area contributed by atoms with E-state index >= 15 is 0 Å². The minimum Gasteiger partial charge on any atom is -0.468 e. The van der Waals surface area contributed by atoms with Gasteiger partial charge >= 0.3 is 11.9 Å². The molecule has 0 spiro atoms. The Hall–Kier alpha value is -2.37. The summed E-state index contributed by atoms with van der Waals surface area (Å²) in [6.07, 6.45) is 0.909. The summed E-state index contributed by atoms with van der Waals surface area (Å²) in [5, 5.41) is 0. The number of ketones is 1. The van der Waals surface area contributed by atoms with Crippen molar-refractivity contribution in [3.8, 4) is 0 Å². The number of Topliss-reactive ketones (excluding diaryl/α,β-unsaturated/α-hetero) is 1. The molecular formula is C26H39BO5. The average Bonchev–Trinajstić information content (AvgIpc) is 2.72. The van der Waals surface area contributed by atoms with Gasteiger partial charge in [0.1, 0.15) is 11.0 Å². The van der Waals surface area contributed by atoms with Crippen molar-refractivity contribution in [2.24, 2.45) is 10.8 Å². The molecule has 0 aromatic heterocycles. The molecule has 0 N–H and O–H groups in total. The van der Waals surface area contributed by atoms with Crippen molar-refractivity contribution in [2.75, 3.05) is 7.11 Å². The number of hydrogen-bond acceptors (Lipinski definition) is 5. The molecule has 32 heavy (non-hydrogen) atoms. The minimum absolute atomic E-state index is 0.159. The van der Waals surface area contributed by atoms with Gasteiger partial charge in [-0.1, -0.05) is 49.1 Å².